The van der Waals surface area contributed by atoms with Gasteiger partial charge in [-0.25, -0.2) is 8.78 Å². The van der Waals surface area contributed by atoms with Crippen molar-refractivity contribution in [1.29, 1.82) is 0 Å². The number of halogens is 2. The molecule has 1 unspecified atom stereocenters. The van der Waals surface area contributed by atoms with Gasteiger partial charge in [0.15, 0.2) is 0 Å². The van der Waals surface area contributed by atoms with Gasteiger partial charge < -0.3 is 5.73 Å². The lowest BCUT2D eigenvalue weighted by Gasteiger charge is -2.11. The lowest BCUT2D eigenvalue weighted by Crippen LogP contribution is -2.17. The van der Waals surface area contributed by atoms with Crippen LogP contribution in [0.15, 0.2) is 6.20 Å². The summed E-state index contributed by atoms with van der Waals surface area (Å²) in [4.78, 5) is 0. The molecule has 1 saturated carbocycles. The Morgan fingerprint density at radius 3 is 2.57 bits per heavy atom. The van der Waals surface area contributed by atoms with E-state index in [1.165, 1.54) is 6.20 Å². The van der Waals surface area contributed by atoms with Gasteiger partial charge in [-0.15, -0.1) is 0 Å². The number of nitrogens with zero attached hydrogens (tertiary/aromatic N) is 2. The molecule has 3 nitrogen and oxygen atoms in total. The van der Waals surface area contributed by atoms with Crippen LogP contribution in [0.1, 0.15) is 19.0 Å². The molecule has 0 aromatic carbocycles. The molecule has 0 bridgehead atoms. The molecular weight excluding hydrogens is 188 g/mol. The first-order chi connectivity index (χ1) is 6.36. The molecule has 2 N–H and O–H groups in total. The summed E-state index contributed by atoms with van der Waals surface area (Å²) in [5.74, 6) is -2.54. The third-order valence-corrected chi connectivity index (χ3v) is 3.01. The molecule has 1 aromatic rings. The van der Waals surface area contributed by atoms with E-state index in [2.05, 4.69) is 5.10 Å². The van der Waals surface area contributed by atoms with Crippen molar-refractivity contribution in [2.45, 2.75) is 32.7 Å². The molecule has 5 heteroatoms. The third kappa shape index (κ3) is 1.19. The summed E-state index contributed by atoms with van der Waals surface area (Å²) < 4.78 is 27.4. The van der Waals surface area contributed by atoms with Gasteiger partial charge in [0.25, 0.3) is 5.92 Å². The maximum atomic E-state index is 12.9. The van der Waals surface area contributed by atoms with Gasteiger partial charge in [-0.2, -0.15) is 5.10 Å². The lowest BCUT2D eigenvalue weighted by atomic mass is 10.1. The molecule has 0 radical (unpaired) electrons. The van der Waals surface area contributed by atoms with Crippen LogP contribution < -0.4 is 5.73 Å². The van der Waals surface area contributed by atoms with E-state index in [0.717, 1.165) is 5.69 Å². The Balaban J connectivity index is 2.17. The number of hydrogen-bond donors (Lipinski definition) is 1. The van der Waals surface area contributed by atoms with Gasteiger partial charge in [0.1, 0.15) is 0 Å². The van der Waals surface area contributed by atoms with Crippen LogP contribution >= 0.6 is 0 Å². The summed E-state index contributed by atoms with van der Waals surface area (Å²) >= 11 is 0. The zero-order valence-electron chi connectivity index (χ0n) is 8.22. The third-order valence-electron chi connectivity index (χ3n) is 3.01. The molecule has 0 aliphatic heterocycles. The maximum Gasteiger partial charge on any atom is 0.256 e. The van der Waals surface area contributed by atoms with Crippen LogP contribution in [0.25, 0.3) is 0 Å². The predicted molar refractivity (Wildman–Crippen MR) is 49.0 cm³/mol. The molecule has 1 fully saturated rings. The largest absolute Gasteiger partial charge is 0.396 e. The minimum Gasteiger partial charge on any atom is -0.396 e. The van der Waals surface area contributed by atoms with Crippen LogP contribution in [0.3, 0.4) is 0 Å². The number of alkyl halides is 2. The van der Waals surface area contributed by atoms with Crippen LogP contribution in [0.2, 0.25) is 0 Å². The molecule has 2 rings (SSSR count). The van der Waals surface area contributed by atoms with Crippen LogP contribution in [-0.4, -0.2) is 15.7 Å². The zero-order chi connectivity index (χ0) is 10.6. The highest BCUT2D eigenvalue weighted by atomic mass is 19.3. The number of rotatable bonds is 2. The van der Waals surface area contributed by atoms with Crippen molar-refractivity contribution in [3.8, 4) is 0 Å². The molecule has 0 spiro atoms. The normalized spacial score (nSPS) is 29.1. The standard InChI is InChI=1S/C9H13F2N3/c1-6-7(12)3-13-14(6)5-8(2)4-9(8,10)11/h3H,4-5,12H2,1-2H3. The van der Waals surface area contributed by atoms with Crippen LogP contribution in [0.4, 0.5) is 14.5 Å². The Morgan fingerprint density at radius 1 is 1.64 bits per heavy atom. The molecule has 1 aliphatic rings. The van der Waals surface area contributed by atoms with Gasteiger partial charge in [-0.1, -0.05) is 6.92 Å². The first kappa shape index (κ1) is 9.43. The quantitative estimate of drug-likeness (QED) is 0.793. The number of nitrogen functional groups attached to an aromatic ring is 1. The smallest absolute Gasteiger partial charge is 0.256 e. The van der Waals surface area contributed by atoms with E-state index in [-0.39, 0.29) is 13.0 Å². The van der Waals surface area contributed by atoms with Gasteiger partial charge in [-0.3, -0.25) is 4.68 Å². The predicted octanol–water partition coefficient (Wildman–Crippen LogP) is 1.82. The second kappa shape index (κ2) is 2.46. The lowest BCUT2D eigenvalue weighted by molar-refractivity contribution is 0.0621. The minimum absolute atomic E-state index is 0.0563. The van der Waals surface area contributed by atoms with Crippen molar-refractivity contribution >= 4 is 5.69 Å². The van der Waals surface area contributed by atoms with Crippen molar-refractivity contribution in [2.75, 3.05) is 5.73 Å². The second-order valence-corrected chi connectivity index (χ2v) is 4.28. The van der Waals surface area contributed by atoms with Crippen molar-refractivity contribution in [3.63, 3.8) is 0 Å². The summed E-state index contributed by atoms with van der Waals surface area (Å²) in [6.07, 6.45) is 1.44. The van der Waals surface area contributed by atoms with Gasteiger partial charge in [0.05, 0.1) is 29.5 Å². The van der Waals surface area contributed by atoms with E-state index in [0.29, 0.717) is 5.69 Å². The summed E-state index contributed by atoms with van der Waals surface area (Å²) in [6, 6.07) is 0. The topological polar surface area (TPSA) is 43.8 Å². The average Bonchev–Trinajstić information content (AvgIpc) is 2.40. The average molecular weight is 201 g/mol. The van der Waals surface area contributed by atoms with Crippen molar-refractivity contribution in [1.82, 2.24) is 9.78 Å². The Kier molecular flexibility index (Phi) is 1.66. The first-order valence-corrected chi connectivity index (χ1v) is 4.51. The molecule has 0 amide bonds. The van der Waals surface area contributed by atoms with Crippen molar-refractivity contribution < 1.29 is 8.78 Å². The summed E-state index contributed by atoms with van der Waals surface area (Å²) in [5, 5.41) is 3.96. The van der Waals surface area contributed by atoms with E-state index in [1.54, 1.807) is 18.5 Å². The number of hydrogen-bond acceptors (Lipinski definition) is 2. The van der Waals surface area contributed by atoms with E-state index in [4.69, 9.17) is 5.73 Å². The highest BCUT2D eigenvalue weighted by molar-refractivity contribution is 5.39. The van der Waals surface area contributed by atoms with Gasteiger partial charge in [0, 0.05) is 6.42 Å². The van der Waals surface area contributed by atoms with Crippen LogP contribution in [-0.2, 0) is 6.54 Å². The highest BCUT2D eigenvalue weighted by Crippen LogP contribution is 2.61. The Labute approximate surface area is 80.9 Å². The summed E-state index contributed by atoms with van der Waals surface area (Å²) in [7, 11) is 0. The van der Waals surface area contributed by atoms with Gasteiger partial charge in [-0.05, 0) is 6.92 Å². The number of nitrogens with two attached hydrogens (primary N) is 1. The molecule has 1 aliphatic carbocycles. The molecule has 1 aromatic heterocycles. The van der Waals surface area contributed by atoms with Crippen molar-refractivity contribution in [2.24, 2.45) is 5.41 Å². The fourth-order valence-electron chi connectivity index (χ4n) is 1.57. The molecule has 1 atom stereocenters. The van der Waals surface area contributed by atoms with Gasteiger partial charge in [0.2, 0.25) is 0 Å². The van der Waals surface area contributed by atoms with Crippen molar-refractivity contribution in [3.05, 3.63) is 11.9 Å². The van der Waals surface area contributed by atoms with E-state index in [9.17, 15) is 8.78 Å². The first-order valence-electron chi connectivity index (χ1n) is 4.51. The Morgan fingerprint density at radius 2 is 2.21 bits per heavy atom. The number of anilines is 1. The zero-order valence-corrected chi connectivity index (χ0v) is 8.22. The molecule has 0 saturated heterocycles. The van der Waals surface area contributed by atoms with E-state index in [1.807, 2.05) is 0 Å². The highest BCUT2D eigenvalue weighted by Gasteiger charge is 2.68. The second-order valence-electron chi connectivity index (χ2n) is 4.28. The SMILES string of the molecule is Cc1c(N)cnn1CC1(C)CC1(F)F. The van der Waals surface area contributed by atoms with Crippen LogP contribution in [0, 0.1) is 12.3 Å². The molecular formula is C9H13F2N3. The van der Waals surface area contributed by atoms with E-state index >= 15 is 0 Å². The fourth-order valence-corrected chi connectivity index (χ4v) is 1.57. The molecule has 1 heterocycles. The molecule has 78 valence electrons. The van der Waals surface area contributed by atoms with E-state index < -0.39 is 11.3 Å². The van der Waals surface area contributed by atoms with Gasteiger partial charge >= 0.3 is 0 Å². The fraction of sp³-hybridized carbons (Fsp3) is 0.667. The summed E-state index contributed by atoms with van der Waals surface area (Å²) in [5.41, 5.74) is 5.95. The number of aromatic nitrogens is 2. The molecule has 14 heavy (non-hydrogen) atoms. The monoisotopic (exact) mass is 201 g/mol. The maximum absolute atomic E-state index is 12.9. The Bertz CT molecular complexity index is 372. The van der Waals surface area contributed by atoms with Crippen LogP contribution in [0.5, 0.6) is 0 Å². The summed E-state index contributed by atoms with van der Waals surface area (Å²) in [6.45, 7) is 3.60. The Hall–Kier alpha value is -1.13. The minimum atomic E-state index is -2.54.